The monoisotopic (exact) mass is 197 g/mol. The van der Waals surface area contributed by atoms with Crippen molar-refractivity contribution in [3.63, 3.8) is 0 Å². The second kappa shape index (κ2) is 6.39. The van der Waals surface area contributed by atoms with Crippen LogP contribution >= 0.6 is 0 Å². The van der Waals surface area contributed by atoms with Gasteiger partial charge in [-0.15, -0.1) is 0 Å². The quantitative estimate of drug-likeness (QED) is 0.707. The summed E-state index contributed by atoms with van der Waals surface area (Å²) in [5.41, 5.74) is 0. The minimum absolute atomic E-state index is 0.0535. The van der Waals surface area contributed by atoms with E-state index in [0.717, 1.165) is 0 Å². The maximum atomic E-state index is 11.8. The van der Waals surface area contributed by atoms with E-state index in [0.29, 0.717) is 13.0 Å². The molecule has 0 radical (unpaired) electrons. The van der Waals surface area contributed by atoms with E-state index >= 15 is 0 Å². The molecule has 0 saturated carbocycles. The van der Waals surface area contributed by atoms with Crippen LogP contribution < -0.4 is 5.32 Å². The molecule has 0 fully saturated rings. The Balaban J connectivity index is 4.34. The molecule has 0 saturated heterocycles. The van der Waals surface area contributed by atoms with E-state index in [4.69, 9.17) is 5.26 Å². The Kier molecular flexibility index (Phi) is 5.89. The van der Waals surface area contributed by atoms with Gasteiger partial charge in [0.05, 0.1) is 18.5 Å². The molecule has 1 unspecified atom stereocenters. The minimum atomic E-state index is -0.184. The Morgan fingerprint density at radius 3 is 2.43 bits per heavy atom. The summed E-state index contributed by atoms with van der Waals surface area (Å²) in [7, 11) is 1.76. The van der Waals surface area contributed by atoms with Crippen LogP contribution in [0.3, 0.4) is 0 Å². The second-order valence-electron chi connectivity index (χ2n) is 3.54. The van der Waals surface area contributed by atoms with Crippen molar-refractivity contribution in [2.45, 2.75) is 39.3 Å². The summed E-state index contributed by atoms with van der Waals surface area (Å²) >= 11 is 0. The molecule has 4 nitrogen and oxygen atoms in total. The van der Waals surface area contributed by atoms with Gasteiger partial charge in [0.15, 0.2) is 0 Å². The van der Waals surface area contributed by atoms with E-state index in [9.17, 15) is 4.79 Å². The fraction of sp³-hybridized carbons (Fsp3) is 0.800. The first-order chi connectivity index (χ1) is 6.54. The highest BCUT2D eigenvalue weighted by Gasteiger charge is 2.20. The lowest BCUT2D eigenvalue weighted by Gasteiger charge is -2.28. The van der Waals surface area contributed by atoms with Crippen molar-refractivity contribution in [1.29, 1.82) is 5.26 Å². The maximum Gasteiger partial charge on any atom is 0.239 e. The molecule has 0 spiro atoms. The Hall–Kier alpha value is -1.08. The number of likely N-dealkylation sites (N-methyl/N-ethyl adjacent to an activating group) is 1. The van der Waals surface area contributed by atoms with Gasteiger partial charge in [-0.1, -0.05) is 0 Å². The highest BCUT2D eigenvalue weighted by molar-refractivity contribution is 5.81. The maximum absolute atomic E-state index is 11.8. The lowest BCUT2D eigenvalue weighted by molar-refractivity contribution is -0.134. The largest absolute Gasteiger partial charge is 0.338 e. The van der Waals surface area contributed by atoms with E-state index in [1.54, 1.807) is 11.9 Å². The van der Waals surface area contributed by atoms with Crippen LogP contribution in [0.4, 0.5) is 0 Å². The molecule has 4 heteroatoms. The van der Waals surface area contributed by atoms with Crippen LogP contribution in [0.1, 0.15) is 27.2 Å². The first-order valence-electron chi connectivity index (χ1n) is 4.89. The number of hydrogen-bond donors (Lipinski definition) is 1. The predicted octanol–water partition coefficient (Wildman–Crippen LogP) is 0.745. The predicted molar refractivity (Wildman–Crippen MR) is 55.6 cm³/mol. The molecule has 0 bridgehead atoms. The third-order valence-electron chi connectivity index (χ3n) is 2.17. The highest BCUT2D eigenvalue weighted by atomic mass is 16.2. The van der Waals surface area contributed by atoms with Crippen LogP contribution in [0.25, 0.3) is 0 Å². The van der Waals surface area contributed by atoms with Crippen LogP contribution in [0.2, 0.25) is 0 Å². The normalized spacial score (nSPS) is 12.3. The molecule has 14 heavy (non-hydrogen) atoms. The zero-order valence-corrected chi connectivity index (χ0v) is 9.37. The fourth-order valence-electron chi connectivity index (χ4n) is 1.17. The van der Waals surface area contributed by atoms with Crippen molar-refractivity contribution >= 4 is 5.91 Å². The van der Waals surface area contributed by atoms with E-state index < -0.39 is 0 Å². The average Bonchev–Trinajstić information content (AvgIpc) is 2.16. The lowest BCUT2D eigenvalue weighted by atomic mass is 10.2. The number of carbonyl (C=O) groups is 1. The van der Waals surface area contributed by atoms with Crippen LogP contribution in [-0.2, 0) is 4.79 Å². The zero-order valence-electron chi connectivity index (χ0n) is 9.37. The van der Waals surface area contributed by atoms with Crippen LogP contribution in [0.5, 0.6) is 0 Å². The summed E-state index contributed by atoms with van der Waals surface area (Å²) in [4.78, 5) is 13.5. The molecule has 0 aliphatic heterocycles. The Labute approximate surface area is 85.9 Å². The standard InChI is InChI=1S/C10H19N3O/c1-8(2)13(7-5-6-11)10(14)9(3)12-4/h8-9,12H,5,7H2,1-4H3. The van der Waals surface area contributed by atoms with Crippen molar-refractivity contribution in [1.82, 2.24) is 10.2 Å². The summed E-state index contributed by atoms with van der Waals surface area (Å²) in [6.45, 7) is 6.25. The number of carbonyl (C=O) groups excluding carboxylic acids is 1. The third-order valence-corrected chi connectivity index (χ3v) is 2.17. The molecule has 1 amide bonds. The molecule has 0 aromatic carbocycles. The first kappa shape index (κ1) is 12.9. The number of hydrogen-bond acceptors (Lipinski definition) is 3. The van der Waals surface area contributed by atoms with E-state index in [2.05, 4.69) is 11.4 Å². The Morgan fingerprint density at radius 2 is 2.07 bits per heavy atom. The van der Waals surface area contributed by atoms with Crippen molar-refractivity contribution in [3.05, 3.63) is 0 Å². The topological polar surface area (TPSA) is 56.1 Å². The number of rotatable bonds is 5. The summed E-state index contributed by atoms with van der Waals surface area (Å²) < 4.78 is 0. The molecule has 0 aliphatic rings. The molecule has 0 aromatic rings. The van der Waals surface area contributed by atoms with E-state index in [-0.39, 0.29) is 18.0 Å². The van der Waals surface area contributed by atoms with Crippen molar-refractivity contribution in [2.75, 3.05) is 13.6 Å². The smallest absolute Gasteiger partial charge is 0.239 e. The highest BCUT2D eigenvalue weighted by Crippen LogP contribution is 2.02. The van der Waals surface area contributed by atoms with E-state index in [1.807, 2.05) is 20.8 Å². The van der Waals surface area contributed by atoms with E-state index in [1.165, 1.54) is 0 Å². The molecule has 1 N–H and O–H groups in total. The molecule has 0 heterocycles. The third kappa shape index (κ3) is 3.75. The van der Waals surface area contributed by atoms with Gasteiger partial charge in [0.2, 0.25) is 5.91 Å². The number of nitriles is 1. The molecule has 1 atom stereocenters. The fourth-order valence-corrected chi connectivity index (χ4v) is 1.17. The number of amides is 1. The summed E-state index contributed by atoms with van der Waals surface area (Å²) in [5, 5.41) is 11.4. The van der Waals surface area contributed by atoms with Gasteiger partial charge in [-0.3, -0.25) is 4.79 Å². The minimum Gasteiger partial charge on any atom is -0.338 e. The second-order valence-corrected chi connectivity index (χ2v) is 3.54. The van der Waals surface area contributed by atoms with Gasteiger partial charge in [0.25, 0.3) is 0 Å². The van der Waals surface area contributed by atoms with Crippen molar-refractivity contribution in [2.24, 2.45) is 0 Å². The van der Waals surface area contributed by atoms with Gasteiger partial charge in [0.1, 0.15) is 0 Å². The average molecular weight is 197 g/mol. The molecule has 0 aromatic heterocycles. The summed E-state index contributed by atoms with van der Waals surface area (Å²) in [5.74, 6) is 0.0535. The van der Waals surface area contributed by atoms with Gasteiger partial charge >= 0.3 is 0 Å². The van der Waals surface area contributed by atoms with Gasteiger partial charge < -0.3 is 10.2 Å². The SMILES string of the molecule is CNC(C)C(=O)N(CCC#N)C(C)C. The van der Waals surface area contributed by atoms with Crippen LogP contribution in [0.15, 0.2) is 0 Å². The van der Waals surface area contributed by atoms with Crippen LogP contribution in [-0.4, -0.2) is 36.5 Å². The Bertz CT molecular complexity index is 220. The summed E-state index contributed by atoms with van der Waals surface area (Å²) in [6, 6.07) is 2.01. The first-order valence-corrected chi connectivity index (χ1v) is 4.89. The van der Waals surface area contributed by atoms with Gasteiger partial charge in [0, 0.05) is 12.6 Å². The van der Waals surface area contributed by atoms with Crippen LogP contribution in [0, 0.1) is 11.3 Å². The van der Waals surface area contributed by atoms with Crippen molar-refractivity contribution in [3.8, 4) is 6.07 Å². The molecular weight excluding hydrogens is 178 g/mol. The molecule has 80 valence electrons. The molecule has 0 aliphatic carbocycles. The molecule has 0 rings (SSSR count). The summed E-state index contributed by atoms with van der Waals surface area (Å²) in [6.07, 6.45) is 0.389. The van der Waals surface area contributed by atoms with Gasteiger partial charge in [-0.25, -0.2) is 0 Å². The number of nitrogens with zero attached hydrogens (tertiary/aromatic N) is 2. The number of nitrogens with one attached hydrogen (secondary N) is 1. The lowest BCUT2D eigenvalue weighted by Crippen LogP contribution is -2.47. The Morgan fingerprint density at radius 1 is 1.50 bits per heavy atom. The molecular formula is C10H19N3O. The zero-order chi connectivity index (χ0) is 11.1. The van der Waals surface area contributed by atoms with Gasteiger partial charge in [-0.05, 0) is 27.8 Å². The van der Waals surface area contributed by atoms with Crippen molar-refractivity contribution < 1.29 is 4.79 Å². The van der Waals surface area contributed by atoms with Gasteiger partial charge in [-0.2, -0.15) is 5.26 Å².